The lowest BCUT2D eigenvalue weighted by atomic mass is 9.56. The Balaban J connectivity index is 1.18. The van der Waals surface area contributed by atoms with Gasteiger partial charge in [-0.05, 0) is 79.6 Å². The van der Waals surface area contributed by atoms with Crippen molar-refractivity contribution in [3.8, 4) is 0 Å². The number of hydrogen-bond acceptors (Lipinski definition) is 0. The van der Waals surface area contributed by atoms with Crippen LogP contribution in [0.5, 0.6) is 0 Å². The van der Waals surface area contributed by atoms with E-state index < -0.39 is 0 Å². The number of benzene rings is 5. The van der Waals surface area contributed by atoms with E-state index in [0.717, 1.165) is 12.8 Å². The van der Waals surface area contributed by atoms with Gasteiger partial charge in [-0.25, -0.2) is 0 Å². The van der Waals surface area contributed by atoms with Gasteiger partial charge in [-0.3, -0.25) is 0 Å². The molecule has 0 saturated heterocycles. The second-order valence-electron chi connectivity index (χ2n) is 11.9. The van der Waals surface area contributed by atoms with Crippen LogP contribution < -0.4 is 0 Å². The van der Waals surface area contributed by atoms with Crippen LogP contribution in [-0.2, 0) is 12.8 Å². The predicted octanol–water partition coefficient (Wildman–Crippen LogP) is 8.36. The van der Waals surface area contributed by atoms with Gasteiger partial charge in [0, 0.05) is 23.7 Å². The zero-order valence-corrected chi connectivity index (χ0v) is 21.1. The highest BCUT2D eigenvalue weighted by Crippen LogP contribution is 2.60. The van der Waals surface area contributed by atoms with Gasteiger partial charge < -0.3 is 0 Å². The van der Waals surface area contributed by atoms with E-state index in [1.807, 2.05) is 0 Å². The first-order chi connectivity index (χ1) is 18.9. The summed E-state index contributed by atoms with van der Waals surface area (Å²) in [4.78, 5) is 0. The summed E-state index contributed by atoms with van der Waals surface area (Å²) in [6.07, 6.45) is 2.17. The lowest BCUT2D eigenvalue weighted by molar-refractivity contribution is 0.670. The van der Waals surface area contributed by atoms with Crippen LogP contribution in [0.25, 0.3) is 0 Å². The SMILES string of the molecule is c1ccc2c(c1)C1C3=C(Cc4cc5c(cc4C3)C3c4ccccc4C5c4ccccc43)C2c2ccccc21. The van der Waals surface area contributed by atoms with Gasteiger partial charge in [0.2, 0.25) is 0 Å². The average molecular weight is 483 g/mol. The second kappa shape index (κ2) is 6.83. The molecule has 0 aliphatic heterocycles. The molecule has 7 aliphatic rings. The molecule has 0 spiro atoms. The molecule has 178 valence electrons. The molecule has 0 amide bonds. The van der Waals surface area contributed by atoms with Crippen LogP contribution in [0.4, 0.5) is 0 Å². The van der Waals surface area contributed by atoms with Crippen LogP contribution in [0.1, 0.15) is 90.4 Å². The fraction of sp³-hybridized carbons (Fsp3) is 0.158. The smallest absolute Gasteiger partial charge is 0.0349 e. The molecule has 0 heterocycles. The molecular weight excluding hydrogens is 456 g/mol. The highest BCUT2D eigenvalue weighted by molar-refractivity contribution is 5.72. The van der Waals surface area contributed by atoms with Crippen molar-refractivity contribution in [2.45, 2.75) is 36.5 Å². The van der Waals surface area contributed by atoms with Gasteiger partial charge in [0.1, 0.15) is 0 Å². The van der Waals surface area contributed by atoms with Crippen molar-refractivity contribution < 1.29 is 0 Å². The van der Waals surface area contributed by atoms with Gasteiger partial charge in [0.25, 0.3) is 0 Å². The lowest BCUT2D eigenvalue weighted by Crippen LogP contribution is -2.33. The monoisotopic (exact) mass is 482 g/mol. The van der Waals surface area contributed by atoms with Gasteiger partial charge in [0.15, 0.2) is 0 Å². The Labute approximate surface area is 223 Å². The summed E-state index contributed by atoms with van der Waals surface area (Å²) in [6, 6.07) is 42.2. The number of rotatable bonds is 0. The molecular formula is C38H26. The Morgan fingerprint density at radius 2 is 0.579 bits per heavy atom. The summed E-state index contributed by atoms with van der Waals surface area (Å²) >= 11 is 0. The average Bonchev–Trinajstić information content (AvgIpc) is 2.98. The minimum absolute atomic E-state index is 0.354. The first kappa shape index (κ1) is 19.9. The molecule has 4 bridgehead atoms. The third kappa shape index (κ3) is 2.26. The molecule has 0 heteroatoms. The van der Waals surface area contributed by atoms with Gasteiger partial charge in [-0.2, -0.15) is 0 Å². The van der Waals surface area contributed by atoms with Gasteiger partial charge in [0.05, 0.1) is 0 Å². The molecule has 0 atom stereocenters. The molecule has 12 rings (SSSR count). The van der Waals surface area contributed by atoms with Gasteiger partial charge >= 0.3 is 0 Å². The highest BCUT2D eigenvalue weighted by atomic mass is 14.5. The summed E-state index contributed by atoms with van der Waals surface area (Å²) in [5.74, 6) is 1.52. The van der Waals surface area contributed by atoms with Crippen LogP contribution in [-0.4, -0.2) is 0 Å². The van der Waals surface area contributed by atoms with Crippen molar-refractivity contribution in [2.75, 3.05) is 0 Å². The topological polar surface area (TPSA) is 0 Å². The molecule has 7 aliphatic carbocycles. The minimum atomic E-state index is 0.354. The van der Waals surface area contributed by atoms with Crippen molar-refractivity contribution in [3.63, 3.8) is 0 Å². The number of allylic oxidation sites excluding steroid dienone is 2. The zero-order chi connectivity index (χ0) is 24.5. The van der Waals surface area contributed by atoms with Crippen molar-refractivity contribution in [3.05, 3.63) is 187 Å². The molecule has 0 fully saturated rings. The van der Waals surface area contributed by atoms with E-state index in [0.29, 0.717) is 23.7 Å². The van der Waals surface area contributed by atoms with Crippen LogP contribution in [0, 0.1) is 0 Å². The van der Waals surface area contributed by atoms with E-state index in [1.165, 1.54) is 22.3 Å². The van der Waals surface area contributed by atoms with Crippen LogP contribution in [0.2, 0.25) is 0 Å². The molecule has 0 N–H and O–H groups in total. The molecule has 0 saturated carbocycles. The lowest BCUT2D eigenvalue weighted by Gasteiger charge is -2.47. The first-order valence-corrected chi connectivity index (χ1v) is 14.1. The molecule has 0 aromatic heterocycles. The molecule has 38 heavy (non-hydrogen) atoms. The van der Waals surface area contributed by atoms with E-state index in [4.69, 9.17) is 0 Å². The van der Waals surface area contributed by atoms with Crippen LogP contribution in [0.15, 0.2) is 120 Å². The maximum Gasteiger partial charge on any atom is 0.0349 e. The van der Waals surface area contributed by atoms with E-state index in [2.05, 4.69) is 109 Å². The Hall–Kier alpha value is -4.16. The number of hydrogen-bond donors (Lipinski definition) is 0. The summed E-state index contributed by atoms with van der Waals surface area (Å²) in [6.45, 7) is 0. The third-order valence-corrected chi connectivity index (χ3v) is 10.4. The zero-order valence-electron chi connectivity index (χ0n) is 21.1. The first-order valence-electron chi connectivity index (χ1n) is 14.1. The van der Waals surface area contributed by atoms with E-state index in [9.17, 15) is 0 Å². The summed E-state index contributed by atoms with van der Waals surface area (Å²) in [5.41, 5.74) is 21.8. The fourth-order valence-electron chi connectivity index (χ4n) is 9.01. The fourth-order valence-corrected chi connectivity index (χ4v) is 9.01. The minimum Gasteiger partial charge on any atom is -0.0619 e. The maximum atomic E-state index is 2.62. The quantitative estimate of drug-likeness (QED) is 0.191. The highest BCUT2D eigenvalue weighted by Gasteiger charge is 2.46. The van der Waals surface area contributed by atoms with Crippen molar-refractivity contribution in [1.29, 1.82) is 0 Å². The van der Waals surface area contributed by atoms with Crippen molar-refractivity contribution in [1.82, 2.24) is 0 Å². The van der Waals surface area contributed by atoms with Gasteiger partial charge in [-0.15, -0.1) is 0 Å². The van der Waals surface area contributed by atoms with Crippen molar-refractivity contribution >= 4 is 0 Å². The molecule has 0 unspecified atom stereocenters. The Kier molecular flexibility index (Phi) is 3.57. The van der Waals surface area contributed by atoms with E-state index >= 15 is 0 Å². The number of fused-ring (bicyclic) bond motifs is 1. The van der Waals surface area contributed by atoms with E-state index in [-0.39, 0.29) is 0 Å². The summed E-state index contributed by atoms with van der Waals surface area (Å²) in [5, 5.41) is 0. The molecule has 5 aromatic carbocycles. The predicted molar refractivity (Wildman–Crippen MR) is 152 cm³/mol. The maximum absolute atomic E-state index is 2.62. The Morgan fingerprint density at radius 1 is 0.316 bits per heavy atom. The summed E-state index contributed by atoms with van der Waals surface area (Å²) in [7, 11) is 0. The molecule has 0 nitrogen and oxygen atoms in total. The van der Waals surface area contributed by atoms with Crippen molar-refractivity contribution in [2.24, 2.45) is 0 Å². The normalized spacial score (nSPS) is 24.0. The Morgan fingerprint density at radius 3 is 0.868 bits per heavy atom. The standard InChI is InChI=1S/C38H26/c1-2-10-24-23(9-1)35-25-11-3-4-12-26(25)36(24)32-18-22-20-34-33(19-21(22)17-31(32)35)37-27-13-5-7-15-29(27)38(34)30-16-8-6-14-28(30)37/h1-18,35-38H,19-20H2. The molecule has 5 aromatic rings. The van der Waals surface area contributed by atoms with Crippen LogP contribution >= 0.6 is 0 Å². The van der Waals surface area contributed by atoms with Gasteiger partial charge in [-0.1, -0.05) is 120 Å². The second-order valence-corrected chi connectivity index (χ2v) is 11.9. The Bertz CT molecular complexity index is 1670. The third-order valence-electron chi connectivity index (χ3n) is 10.4. The van der Waals surface area contributed by atoms with Crippen LogP contribution in [0.3, 0.4) is 0 Å². The van der Waals surface area contributed by atoms with E-state index in [1.54, 1.807) is 55.7 Å². The largest absolute Gasteiger partial charge is 0.0619 e. The molecule has 0 radical (unpaired) electrons. The summed E-state index contributed by atoms with van der Waals surface area (Å²) < 4.78 is 0.